The third-order valence-electron chi connectivity index (χ3n) is 3.95. The number of nitrogens with zero attached hydrogens (tertiary/aromatic N) is 1. The first-order valence-electron chi connectivity index (χ1n) is 6.83. The van der Waals surface area contributed by atoms with Crippen LogP contribution in [0, 0.1) is 0 Å². The Hall–Kier alpha value is -1.75. The number of amides is 1. The number of carbonyl (C=O) groups excluding carboxylic acids is 1. The van der Waals surface area contributed by atoms with E-state index in [4.69, 9.17) is 11.5 Å². The molecule has 1 saturated heterocycles. The largest absolute Gasteiger partial charge is 0.399 e. The first kappa shape index (κ1) is 12.3. The molecule has 5 N–H and O–H groups in total. The van der Waals surface area contributed by atoms with E-state index >= 15 is 0 Å². The van der Waals surface area contributed by atoms with Crippen molar-refractivity contribution in [2.45, 2.75) is 31.3 Å². The van der Waals surface area contributed by atoms with Gasteiger partial charge in [-0.3, -0.25) is 9.69 Å². The number of rotatable bonds is 4. The zero-order chi connectivity index (χ0) is 13.4. The molecule has 102 valence electrons. The molecular weight excluding hydrogens is 240 g/mol. The van der Waals surface area contributed by atoms with Crippen LogP contribution in [0.25, 0.3) is 0 Å². The molecule has 1 unspecified atom stereocenters. The molecule has 1 aliphatic carbocycles. The molecule has 1 heterocycles. The van der Waals surface area contributed by atoms with Gasteiger partial charge in [-0.2, -0.15) is 0 Å². The smallest absolute Gasteiger partial charge is 0.250 e. The summed E-state index contributed by atoms with van der Waals surface area (Å²) < 4.78 is 0. The molecule has 0 aromatic heterocycles. The van der Waals surface area contributed by atoms with Crippen molar-refractivity contribution in [2.24, 2.45) is 5.73 Å². The van der Waals surface area contributed by atoms with Crippen LogP contribution in [-0.4, -0.2) is 36.0 Å². The lowest BCUT2D eigenvalue weighted by atomic mass is 10.1. The Balaban J connectivity index is 1.71. The predicted molar refractivity (Wildman–Crippen MR) is 76.0 cm³/mol. The average molecular weight is 260 g/mol. The zero-order valence-corrected chi connectivity index (χ0v) is 10.9. The summed E-state index contributed by atoms with van der Waals surface area (Å²) in [5.41, 5.74) is 12.9. The number of hydrogen-bond acceptors (Lipinski definition) is 4. The Labute approximate surface area is 112 Å². The molecule has 5 nitrogen and oxygen atoms in total. The van der Waals surface area contributed by atoms with Crippen LogP contribution in [-0.2, 0) is 0 Å². The molecular formula is C14H20N4O. The summed E-state index contributed by atoms with van der Waals surface area (Å²) in [4.78, 5) is 14.0. The summed E-state index contributed by atoms with van der Waals surface area (Å²) in [6.45, 7) is 2.19. The Kier molecular flexibility index (Phi) is 3.06. The minimum Gasteiger partial charge on any atom is -0.399 e. The Morgan fingerprint density at radius 3 is 2.79 bits per heavy atom. The van der Waals surface area contributed by atoms with Gasteiger partial charge in [-0.1, -0.05) is 0 Å². The van der Waals surface area contributed by atoms with Crippen LogP contribution in [0.5, 0.6) is 0 Å². The van der Waals surface area contributed by atoms with Crippen molar-refractivity contribution in [1.29, 1.82) is 0 Å². The first-order valence-corrected chi connectivity index (χ1v) is 6.83. The summed E-state index contributed by atoms with van der Waals surface area (Å²) in [7, 11) is 0. The van der Waals surface area contributed by atoms with Crippen LogP contribution in [0.3, 0.4) is 0 Å². The van der Waals surface area contributed by atoms with Crippen LogP contribution in [0.2, 0.25) is 0 Å². The molecule has 1 aromatic rings. The van der Waals surface area contributed by atoms with E-state index in [1.807, 2.05) is 6.07 Å². The number of likely N-dealkylation sites (tertiary alicyclic amines) is 1. The highest BCUT2D eigenvalue weighted by Crippen LogP contribution is 2.31. The number of primary amides is 1. The van der Waals surface area contributed by atoms with Gasteiger partial charge < -0.3 is 16.8 Å². The molecule has 2 aliphatic rings. The highest BCUT2D eigenvalue weighted by atomic mass is 16.1. The second-order valence-electron chi connectivity index (χ2n) is 5.53. The minimum absolute atomic E-state index is 0.391. The summed E-state index contributed by atoms with van der Waals surface area (Å²) in [6.07, 6.45) is 3.78. The quantitative estimate of drug-likeness (QED) is 0.706. The number of carbonyl (C=O) groups is 1. The number of hydrogen-bond donors (Lipinski definition) is 3. The van der Waals surface area contributed by atoms with E-state index in [1.54, 1.807) is 12.1 Å². The number of anilines is 2. The van der Waals surface area contributed by atoms with Gasteiger partial charge in [-0.15, -0.1) is 0 Å². The number of nitrogens with one attached hydrogen (secondary N) is 1. The highest BCUT2D eigenvalue weighted by molar-refractivity contribution is 5.99. The van der Waals surface area contributed by atoms with Crippen LogP contribution in [0.1, 0.15) is 29.6 Å². The van der Waals surface area contributed by atoms with Crippen molar-refractivity contribution in [1.82, 2.24) is 4.90 Å². The van der Waals surface area contributed by atoms with E-state index in [0.717, 1.165) is 31.2 Å². The second kappa shape index (κ2) is 4.74. The first-order chi connectivity index (χ1) is 9.13. The molecule has 0 bridgehead atoms. The lowest BCUT2D eigenvalue weighted by Gasteiger charge is -2.18. The van der Waals surface area contributed by atoms with E-state index in [2.05, 4.69) is 10.2 Å². The molecule has 1 aromatic carbocycles. The van der Waals surface area contributed by atoms with E-state index in [0.29, 0.717) is 17.3 Å². The summed E-state index contributed by atoms with van der Waals surface area (Å²) in [6, 6.07) is 6.46. The number of benzene rings is 1. The highest BCUT2D eigenvalue weighted by Gasteiger charge is 2.34. The molecule has 1 atom stereocenters. The van der Waals surface area contributed by atoms with Gasteiger partial charge in [-0.05, 0) is 37.5 Å². The second-order valence-corrected chi connectivity index (χ2v) is 5.53. The SMILES string of the molecule is NC(=O)c1cc(N)ccc1NC1CCN(C2CC2)C1. The standard InChI is InChI=1S/C14H20N4O/c15-9-1-4-13(12(7-9)14(16)19)17-10-5-6-18(8-10)11-2-3-11/h1,4,7,10-11,17H,2-3,5-6,8,15H2,(H2,16,19). The topological polar surface area (TPSA) is 84.4 Å². The maximum absolute atomic E-state index is 11.4. The van der Waals surface area contributed by atoms with Gasteiger partial charge in [0.2, 0.25) is 0 Å². The molecule has 5 heteroatoms. The van der Waals surface area contributed by atoms with E-state index < -0.39 is 5.91 Å². The Morgan fingerprint density at radius 1 is 1.32 bits per heavy atom. The molecule has 0 radical (unpaired) electrons. The molecule has 3 rings (SSSR count). The molecule has 2 fully saturated rings. The van der Waals surface area contributed by atoms with Crippen molar-refractivity contribution in [3.8, 4) is 0 Å². The van der Waals surface area contributed by atoms with Gasteiger partial charge in [0.15, 0.2) is 0 Å². The third-order valence-corrected chi connectivity index (χ3v) is 3.95. The van der Waals surface area contributed by atoms with Crippen LogP contribution < -0.4 is 16.8 Å². The van der Waals surface area contributed by atoms with Crippen LogP contribution in [0.15, 0.2) is 18.2 Å². The third kappa shape index (κ3) is 2.66. The Morgan fingerprint density at radius 2 is 2.11 bits per heavy atom. The Bertz CT molecular complexity index is 498. The van der Waals surface area contributed by atoms with Gasteiger partial charge in [0.25, 0.3) is 5.91 Å². The van der Waals surface area contributed by atoms with Crippen molar-refractivity contribution < 1.29 is 4.79 Å². The maximum atomic E-state index is 11.4. The lowest BCUT2D eigenvalue weighted by Crippen LogP contribution is -2.28. The van der Waals surface area contributed by atoms with Gasteiger partial charge in [0.1, 0.15) is 0 Å². The molecule has 1 aliphatic heterocycles. The van der Waals surface area contributed by atoms with Crippen LogP contribution in [0.4, 0.5) is 11.4 Å². The van der Waals surface area contributed by atoms with E-state index in [9.17, 15) is 4.79 Å². The van der Waals surface area contributed by atoms with Crippen molar-refractivity contribution in [3.05, 3.63) is 23.8 Å². The number of nitrogen functional groups attached to an aromatic ring is 1. The van der Waals surface area contributed by atoms with E-state index in [1.165, 1.54) is 12.8 Å². The molecule has 1 amide bonds. The summed E-state index contributed by atoms with van der Waals surface area (Å²) in [5, 5.41) is 3.43. The molecule has 1 saturated carbocycles. The lowest BCUT2D eigenvalue weighted by molar-refractivity contribution is 0.100. The fourth-order valence-corrected chi connectivity index (χ4v) is 2.79. The fourth-order valence-electron chi connectivity index (χ4n) is 2.79. The number of nitrogens with two attached hydrogens (primary N) is 2. The normalized spacial score (nSPS) is 23.5. The van der Waals surface area contributed by atoms with Crippen molar-refractivity contribution in [2.75, 3.05) is 24.1 Å². The van der Waals surface area contributed by atoms with Crippen molar-refractivity contribution >= 4 is 17.3 Å². The van der Waals surface area contributed by atoms with Gasteiger partial charge in [-0.25, -0.2) is 0 Å². The van der Waals surface area contributed by atoms with Crippen molar-refractivity contribution in [3.63, 3.8) is 0 Å². The average Bonchev–Trinajstić information content (AvgIpc) is 3.12. The monoisotopic (exact) mass is 260 g/mol. The van der Waals surface area contributed by atoms with Gasteiger partial charge >= 0.3 is 0 Å². The zero-order valence-electron chi connectivity index (χ0n) is 10.9. The van der Waals surface area contributed by atoms with Gasteiger partial charge in [0, 0.05) is 36.5 Å². The molecule has 19 heavy (non-hydrogen) atoms. The van der Waals surface area contributed by atoms with E-state index in [-0.39, 0.29) is 0 Å². The predicted octanol–water partition coefficient (Wildman–Crippen LogP) is 1.02. The summed E-state index contributed by atoms with van der Waals surface area (Å²) >= 11 is 0. The van der Waals surface area contributed by atoms with Gasteiger partial charge in [0.05, 0.1) is 5.56 Å². The van der Waals surface area contributed by atoms with Crippen LogP contribution >= 0.6 is 0 Å². The maximum Gasteiger partial charge on any atom is 0.250 e. The molecule has 0 spiro atoms. The fraction of sp³-hybridized carbons (Fsp3) is 0.500. The minimum atomic E-state index is -0.438. The summed E-state index contributed by atoms with van der Waals surface area (Å²) in [5.74, 6) is -0.438.